The number of rotatable bonds is 2. The zero-order valence-electron chi connectivity index (χ0n) is 19.3. The summed E-state index contributed by atoms with van der Waals surface area (Å²) in [5.41, 5.74) is 5.51. The number of hydrogen-bond donors (Lipinski definition) is 1. The van der Waals surface area contributed by atoms with Crippen LogP contribution < -0.4 is 0 Å². The fraction of sp³-hybridized carbons (Fsp3) is 0. The molecule has 7 aromatic rings. The van der Waals surface area contributed by atoms with Crippen LogP contribution in [-0.2, 0) is 0 Å². The minimum atomic E-state index is -2.20. The van der Waals surface area contributed by atoms with Gasteiger partial charge in [0.15, 0.2) is 11.2 Å². The molecule has 0 saturated carbocycles. The van der Waals surface area contributed by atoms with Crippen LogP contribution in [0.5, 0.6) is 0 Å². The van der Waals surface area contributed by atoms with Crippen molar-refractivity contribution in [3.8, 4) is 22.3 Å². The minimum Gasteiger partial charge on any atom is -0.398 e. The molecule has 4 heteroatoms. The third kappa shape index (κ3) is 3.33. The molecule has 0 aliphatic rings. The van der Waals surface area contributed by atoms with Crippen molar-refractivity contribution in [2.75, 3.05) is 0 Å². The summed E-state index contributed by atoms with van der Waals surface area (Å²) in [5, 5.41) is 5.83. The molecule has 1 heterocycles. The number of hydrogen-bond acceptors (Lipinski definition) is 3. The molecular formula is C32H21O3P. The van der Waals surface area contributed by atoms with Gasteiger partial charge in [-0.3, -0.25) is 4.89 Å². The average Bonchev–Trinajstić information content (AvgIpc) is 3.09. The summed E-state index contributed by atoms with van der Waals surface area (Å²) in [7, 11) is -2.20. The van der Waals surface area contributed by atoms with Crippen molar-refractivity contribution in [2.45, 2.75) is 0 Å². The maximum absolute atomic E-state index is 11.0. The van der Waals surface area contributed by atoms with Crippen LogP contribution in [0.15, 0.2) is 130 Å². The predicted molar refractivity (Wildman–Crippen MR) is 150 cm³/mol. The lowest BCUT2D eigenvalue weighted by Crippen LogP contribution is -1.88. The van der Waals surface area contributed by atoms with Gasteiger partial charge in [-0.05, 0) is 45.2 Å². The summed E-state index contributed by atoms with van der Waals surface area (Å²) in [6, 6.07) is 41.4. The molecule has 0 aliphatic carbocycles. The molecule has 172 valence electrons. The Hall–Kier alpha value is -4.30. The lowest BCUT2D eigenvalue weighted by atomic mass is 9.90. The second-order valence-corrected chi connectivity index (χ2v) is 9.69. The van der Waals surface area contributed by atoms with Gasteiger partial charge in [-0.25, -0.2) is 0 Å². The highest BCUT2D eigenvalue weighted by atomic mass is 31.1. The van der Waals surface area contributed by atoms with Gasteiger partial charge >= 0.3 is 8.24 Å². The van der Waals surface area contributed by atoms with E-state index < -0.39 is 8.24 Å². The molecule has 3 nitrogen and oxygen atoms in total. The van der Waals surface area contributed by atoms with E-state index in [0.29, 0.717) is 11.2 Å². The van der Waals surface area contributed by atoms with E-state index in [0.717, 1.165) is 54.6 Å². The zero-order chi connectivity index (χ0) is 24.1. The van der Waals surface area contributed by atoms with Gasteiger partial charge in [-0.15, -0.1) is 0 Å². The smallest absolute Gasteiger partial charge is 0.384 e. The summed E-state index contributed by atoms with van der Waals surface area (Å²) >= 11 is 0. The highest BCUT2D eigenvalue weighted by Crippen LogP contribution is 2.46. The average molecular weight is 484 g/mol. The lowest BCUT2D eigenvalue weighted by molar-refractivity contribution is 0.497. The van der Waals surface area contributed by atoms with Gasteiger partial charge in [-0.2, -0.15) is 0 Å². The Morgan fingerprint density at radius 3 is 1.31 bits per heavy atom. The van der Waals surface area contributed by atoms with Crippen LogP contribution in [0.1, 0.15) is 0 Å². The first kappa shape index (κ1) is 21.0. The standard InChI is InChI=1S/C32H21O3P/c33-36-34-31-25-17-9-7-15-23(25)19-27(21-11-3-1-4-12-21)29(31)30-28(22-13-5-2-6-14-22)20-24-16-8-10-18-26(24)32(30)35-36/h1-20,33H. The number of fused-ring (bicyclic) bond motifs is 7. The molecule has 0 amide bonds. The molecule has 0 spiro atoms. The summed E-state index contributed by atoms with van der Waals surface area (Å²) in [6.45, 7) is 0. The molecule has 1 N–H and O–H groups in total. The predicted octanol–water partition coefficient (Wildman–Crippen LogP) is 9.69. The van der Waals surface area contributed by atoms with Crippen LogP contribution >= 0.6 is 8.24 Å². The minimum absolute atomic E-state index is 0.645. The van der Waals surface area contributed by atoms with Crippen molar-refractivity contribution in [1.82, 2.24) is 0 Å². The molecule has 0 fully saturated rings. The van der Waals surface area contributed by atoms with E-state index in [1.165, 1.54) is 0 Å². The Kier molecular flexibility index (Phi) is 4.92. The molecule has 0 bridgehead atoms. The third-order valence-electron chi connectivity index (χ3n) is 6.76. The van der Waals surface area contributed by atoms with E-state index in [1.54, 1.807) is 0 Å². The first-order chi connectivity index (χ1) is 17.8. The summed E-state index contributed by atoms with van der Waals surface area (Å²) in [4.78, 5) is 11.0. The van der Waals surface area contributed by atoms with Crippen molar-refractivity contribution in [3.05, 3.63) is 121 Å². The fourth-order valence-electron chi connectivity index (χ4n) is 5.18. The second kappa shape index (κ2) is 8.42. The summed E-state index contributed by atoms with van der Waals surface area (Å²) in [6.07, 6.45) is 0. The summed E-state index contributed by atoms with van der Waals surface area (Å²) in [5.74, 6) is 0. The fourth-order valence-corrected chi connectivity index (χ4v) is 5.91. The van der Waals surface area contributed by atoms with Crippen molar-refractivity contribution < 1.29 is 13.3 Å². The normalized spacial score (nSPS) is 11.5. The van der Waals surface area contributed by atoms with Crippen LogP contribution in [0, 0.1) is 0 Å². The lowest BCUT2D eigenvalue weighted by Gasteiger charge is -2.13. The zero-order valence-corrected chi connectivity index (χ0v) is 20.2. The largest absolute Gasteiger partial charge is 0.398 e. The van der Waals surface area contributed by atoms with Crippen LogP contribution in [0.2, 0.25) is 0 Å². The van der Waals surface area contributed by atoms with Crippen molar-refractivity contribution in [1.29, 1.82) is 0 Å². The Bertz CT molecular complexity index is 1800. The molecule has 0 atom stereocenters. The molecular weight excluding hydrogens is 463 g/mol. The van der Waals surface area contributed by atoms with Gasteiger partial charge in [-0.1, -0.05) is 109 Å². The molecule has 0 radical (unpaired) electrons. The monoisotopic (exact) mass is 484 g/mol. The highest BCUT2D eigenvalue weighted by molar-refractivity contribution is 7.30. The van der Waals surface area contributed by atoms with E-state index in [2.05, 4.69) is 48.5 Å². The Balaban J connectivity index is 1.85. The van der Waals surface area contributed by atoms with Gasteiger partial charge in [0.1, 0.15) is 0 Å². The highest BCUT2D eigenvalue weighted by Gasteiger charge is 2.20. The molecule has 6 aromatic carbocycles. The first-order valence-electron chi connectivity index (χ1n) is 11.9. The molecule has 0 aliphatic heterocycles. The van der Waals surface area contributed by atoms with Crippen molar-refractivity contribution in [2.24, 2.45) is 0 Å². The van der Waals surface area contributed by atoms with Crippen molar-refractivity contribution in [3.63, 3.8) is 0 Å². The van der Waals surface area contributed by atoms with E-state index in [1.807, 2.05) is 72.8 Å². The van der Waals surface area contributed by atoms with Crippen LogP contribution in [0.4, 0.5) is 0 Å². The van der Waals surface area contributed by atoms with Crippen LogP contribution in [0.3, 0.4) is 0 Å². The van der Waals surface area contributed by atoms with Gasteiger partial charge in [0, 0.05) is 21.5 Å². The van der Waals surface area contributed by atoms with Crippen LogP contribution in [-0.4, -0.2) is 4.89 Å². The van der Waals surface area contributed by atoms with Crippen molar-refractivity contribution >= 4 is 51.7 Å². The van der Waals surface area contributed by atoms with Gasteiger partial charge in [0.25, 0.3) is 0 Å². The third-order valence-corrected chi connectivity index (χ3v) is 7.44. The van der Waals surface area contributed by atoms with E-state index in [-0.39, 0.29) is 0 Å². The Labute approximate surface area is 208 Å². The maximum atomic E-state index is 11.0. The van der Waals surface area contributed by atoms with Gasteiger partial charge in [0.2, 0.25) is 0 Å². The first-order valence-corrected chi connectivity index (χ1v) is 13.0. The molecule has 0 saturated heterocycles. The topological polar surface area (TPSA) is 46.5 Å². The van der Waals surface area contributed by atoms with Gasteiger partial charge < -0.3 is 8.39 Å². The molecule has 36 heavy (non-hydrogen) atoms. The van der Waals surface area contributed by atoms with Crippen LogP contribution in [0.25, 0.3) is 65.7 Å². The molecule has 7 rings (SSSR count). The molecule has 0 unspecified atom stereocenters. The Morgan fingerprint density at radius 2 is 0.861 bits per heavy atom. The quantitative estimate of drug-likeness (QED) is 0.266. The number of benzene rings is 6. The maximum Gasteiger partial charge on any atom is 0.384 e. The molecule has 1 aromatic heterocycles. The van der Waals surface area contributed by atoms with E-state index in [4.69, 9.17) is 8.39 Å². The van der Waals surface area contributed by atoms with E-state index >= 15 is 0 Å². The van der Waals surface area contributed by atoms with E-state index in [9.17, 15) is 4.89 Å². The Morgan fingerprint density at radius 1 is 0.472 bits per heavy atom. The summed E-state index contributed by atoms with van der Waals surface area (Å²) < 4.78 is 12.5. The van der Waals surface area contributed by atoms with Gasteiger partial charge in [0.05, 0.1) is 0 Å². The second-order valence-electron chi connectivity index (χ2n) is 8.85. The SMILES string of the molecule is Op1oc2c3ccccc3cc(-c3ccccc3)c2c2c(-c3ccccc3)cc3ccccc3c2o1.